The Labute approximate surface area is 301 Å². The summed E-state index contributed by atoms with van der Waals surface area (Å²) in [6.07, 6.45) is 5.61. The normalized spacial score (nSPS) is 17.3. The maximum absolute atomic E-state index is 14.0. The first-order valence-electron chi connectivity index (χ1n) is 17.2. The number of carbonyl (C=O) groups is 4. The van der Waals surface area contributed by atoms with E-state index in [2.05, 4.69) is 57.5 Å². The number of para-hydroxylation sites is 2. The number of amides is 3. The molecule has 6 rings (SSSR count). The van der Waals surface area contributed by atoms with E-state index in [0.29, 0.717) is 50.5 Å². The number of fused-ring (bicyclic) bond motifs is 3. The van der Waals surface area contributed by atoms with Gasteiger partial charge in [-0.05, 0) is 43.4 Å². The lowest BCUT2D eigenvalue weighted by Gasteiger charge is -2.27. The Kier molecular flexibility index (Phi) is 12.5. The zero-order valence-electron chi connectivity index (χ0n) is 29.5. The second-order valence-corrected chi connectivity index (χ2v) is 14.1. The number of hydrogen-bond donors (Lipinski definition) is 4. The Hall–Kier alpha value is -5.11. The first-order valence-corrected chi connectivity index (χ1v) is 18.1. The summed E-state index contributed by atoms with van der Waals surface area (Å²) in [5.74, 6) is 1.32. The van der Waals surface area contributed by atoms with Gasteiger partial charge >= 0.3 is 0 Å². The molecule has 14 heteroatoms. The van der Waals surface area contributed by atoms with Gasteiger partial charge in [0, 0.05) is 72.1 Å². The Balaban J connectivity index is 0.00000162. The third-order valence-electron chi connectivity index (χ3n) is 8.87. The molecule has 0 fully saturated rings. The van der Waals surface area contributed by atoms with Gasteiger partial charge in [0.25, 0.3) is 6.47 Å². The number of aromatic amines is 1. The number of rotatable bonds is 7. The molecule has 1 aliphatic heterocycles. The van der Waals surface area contributed by atoms with Crippen molar-refractivity contribution < 1.29 is 24.3 Å². The number of nitrogens with zero attached hydrogens (tertiary/aromatic N) is 5. The van der Waals surface area contributed by atoms with Crippen molar-refractivity contribution >= 4 is 57.8 Å². The molecule has 4 heterocycles. The van der Waals surface area contributed by atoms with E-state index in [4.69, 9.17) is 14.9 Å². The van der Waals surface area contributed by atoms with Gasteiger partial charge in [-0.15, -0.1) is 11.8 Å². The van der Waals surface area contributed by atoms with Crippen LogP contribution in [0.15, 0.2) is 65.8 Å². The SMILES string of the molecule is Cc1nc2n(n1)CCN(C(=O)CSc1cn(C)c3ccccc13)CCCC(=O)N[C@H](Cc1c[nH]c3ccccc13)C(=O)NC2CC(C)C.O=CO. The average molecular weight is 715 g/mol. The Morgan fingerprint density at radius 1 is 1.04 bits per heavy atom. The highest BCUT2D eigenvalue weighted by Gasteiger charge is 2.29. The molecular weight excluding hydrogens is 669 g/mol. The third-order valence-corrected chi connectivity index (χ3v) is 9.90. The van der Waals surface area contributed by atoms with Crippen molar-refractivity contribution in [2.75, 3.05) is 18.8 Å². The minimum absolute atomic E-state index is 0.00284. The number of thioether (sulfide) groups is 1. The molecule has 0 spiro atoms. The summed E-state index contributed by atoms with van der Waals surface area (Å²) < 4.78 is 3.91. The lowest BCUT2D eigenvalue weighted by atomic mass is 10.0. The van der Waals surface area contributed by atoms with Crippen molar-refractivity contribution in [3.63, 3.8) is 0 Å². The zero-order chi connectivity index (χ0) is 36.5. The van der Waals surface area contributed by atoms with E-state index in [0.717, 1.165) is 32.3 Å². The van der Waals surface area contributed by atoms with Gasteiger partial charge < -0.3 is 30.2 Å². The van der Waals surface area contributed by atoms with E-state index in [1.54, 1.807) is 0 Å². The maximum atomic E-state index is 14.0. The molecule has 270 valence electrons. The monoisotopic (exact) mass is 714 g/mol. The van der Waals surface area contributed by atoms with Gasteiger partial charge in [0.1, 0.15) is 17.7 Å². The molecule has 3 amide bonds. The average Bonchev–Trinajstić information content (AvgIpc) is 3.79. The maximum Gasteiger partial charge on any atom is 0.290 e. The van der Waals surface area contributed by atoms with Gasteiger partial charge in [-0.2, -0.15) is 5.10 Å². The fraction of sp³-hybridized carbons (Fsp3) is 0.405. The van der Waals surface area contributed by atoms with Gasteiger partial charge in [0.15, 0.2) is 0 Å². The second-order valence-electron chi connectivity index (χ2n) is 13.1. The molecule has 3 aromatic heterocycles. The second kappa shape index (κ2) is 17.2. The molecule has 13 nitrogen and oxygen atoms in total. The van der Waals surface area contributed by atoms with E-state index in [-0.39, 0.29) is 42.3 Å². The van der Waals surface area contributed by atoms with Gasteiger partial charge in [0.2, 0.25) is 17.7 Å². The lowest BCUT2D eigenvalue weighted by Crippen LogP contribution is -2.49. The third kappa shape index (κ3) is 9.37. The van der Waals surface area contributed by atoms with Crippen LogP contribution in [0.2, 0.25) is 0 Å². The molecule has 0 aliphatic carbocycles. The van der Waals surface area contributed by atoms with Crippen LogP contribution >= 0.6 is 11.8 Å². The Bertz CT molecular complexity index is 1980. The van der Waals surface area contributed by atoms with E-state index in [9.17, 15) is 14.4 Å². The Morgan fingerprint density at radius 3 is 2.53 bits per heavy atom. The summed E-state index contributed by atoms with van der Waals surface area (Å²) in [7, 11) is 2.01. The van der Waals surface area contributed by atoms with Crippen LogP contribution in [-0.4, -0.2) is 83.4 Å². The van der Waals surface area contributed by atoms with Gasteiger partial charge in [-0.3, -0.25) is 19.2 Å². The fourth-order valence-electron chi connectivity index (χ4n) is 6.52. The minimum Gasteiger partial charge on any atom is -0.483 e. The van der Waals surface area contributed by atoms with E-state index < -0.39 is 12.1 Å². The van der Waals surface area contributed by atoms with E-state index in [1.807, 2.05) is 66.1 Å². The van der Waals surface area contributed by atoms with Gasteiger partial charge in [-0.1, -0.05) is 50.2 Å². The first kappa shape index (κ1) is 37.2. The predicted molar refractivity (Wildman–Crippen MR) is 197 cm³/mol. The van der Waals surface area contributed by atoms with Crippen molar-refractivity contribution in [1.29, 1.82) is 0 Å². The fourth-order valence-corrected chi connectivity index (χ4v) is 7.54. The molecule has 0 bridgehead atoms. The van der Waals surface area contributed by atoms with E-state index >= 15 is 0 Å². The number of carboxylic acid groups (broad SMARTS) is 1. The van der Waals surface area contributed by atoms with Crippen molar-refractivity contribution in [3.05, 3.63) is 78.1 Å². The summed E-state index contributed by atoms with van der Waals surface area (Å²) in [6.45, 7) is 7.05. The van der Waals surface area contributed by atoms with Crippen LogP contribution in [0.5, 0.6) is 0 Å². The molecule has 4 N–H and O–H groups in total. The topological polar surface area (TPSA) is 167 Å². The van der Waals surface area contributed by atoms with Crippen molar-refractivity contribution in [3.8, 4) is 0 Å². The van der Waals surface area contributed by atoms with Crippen molar-refractivity contribution in [2.24, 2.45) is 13.0 Å². The smallest absolute Gasteiger partial charge is 0.290 e. The number of H-pyrrole nitrogens is 1. The van der Waals surface area contributed by atoms with Crippen LogP contribution in [-0.2, 0) is 39.2 Å². The largest absolute Gasteiger partial charge is 0.483 e. The summed E-state index contributed by atoms with van der Waals surface area (Å²) in [4.78, 5) is 60.3. The summed E-state index contributed by atoms with van der Waals surface area (Å²) in [5, 5.41) is 20.0. The molecule has 0 saturated heterocycles. The van der Waals surface area contributed by atoms with Gasteiger partial charge in [-0.25, -0.2) is 9.67 Å². The summed E-state index contributed by atoms with van der Waals surface area (Å²) in [6, 6.07) is 14.9. The molecule has 2 aromatic carbocycles. The lowest BCUT2D eigenvalue weighted by molar-refractivity contribution is -0.130. The van der Waals surface area contributed by atoms with Crippen LogP contribution in [0, 0.1) is 12.8 Å². The molecule has 1 aliphatic rings. The van der Waals surface area contributed by atoms with Crippen LogP contribution in [0.4, 0.5) is 0 Å². The highest BCUT2D eigenvalue weighted by molar-refractivity contribution is 8.00. The van der Waals surface area contributed by atoms with Gasteiger partial charge in [0.05, 0.1) is 18.3 Å². The number of aryl methyl sites for hydroxylation is 2. The van der Waals surface area contributed by atoms with Crippen LogP contribution in [0.3, 0.4) is 0 Å². The predicted octanol–water partition coefficient (Wildman–Crippen LogP) is 4.61. The van der Waals surface area contributed by atoms with E-state index in [1.165, 1.54) is 11.8 Å². The number of aromatic nitrogens is 5. The highest BCUT2D eigenvalue weighted by Crippen LogP contribution is 2.30. The highest BCUT2D eigenvalue weighted by atomic mass is 32.2. The minimum atomic E-state index is -0.790. The zero-order valence-corrected chi connectivity index (χ0v) is 30.3. The molecule has 0 saturated carbocycles. The molecule has 1 unspecified atom stereocenters. The quantitative estimate of drug-likeness (QED) is 0.140. The summed E-state index contributed by atoms with van der Waals surface area (Å²) >= 11 is 1.53. The molecule has 5 aromatic rings. The molecule has 51 heavy (non-hydrogen) atoms. The first-order chi connectivity index (χ1) is 24.6. The number of benzene rings is 2. The molecule has 0 radical (unpaired) electrons. The number of hydrogen-bond acceptors (Lipinski definition) is 7. The van der Waals surface area contributed by atoms with Crippen LogP contribution in [0.25, 0.3) is 21.8 Å². The Morgan fingerprint density at radius 2 is 1.76 bits per heavy atom. The standard InChI is InChI=1S/C36H44N8O3S.CH2O2/c1-23(2)18-29-35-38-24(3)41-44(35)17-16-43(34(46)22-48-32-21-42(4)31-13-8-6-11-27(31)32)15-9-14-33(45)39-30(36(47)40-29)19-25-20-37-28-12-7-5-10-26(25)28;2-1-3/h5-8,10-13,20-21,23,29-30,37H,9,14-19,22H2,1-4H3,(H,39,45)(H,40,47);1H,(H,2,3)/t29?,30-;/m1./s1. The molecule has 2 atom stereocenters. The molecular formula is C37H46N8O5S. The summed E-state index contributed by atoms with van der Waals surface area (Å²) in [5.41, 5.74) is 3.05. The number of carbonyl (C=O) groups excluding carboxylic acids is 3. The van der Waals surface area contributed by atoms with Crippen molar-refractivity contribution in [1.82, 2.24) is 39.8 Å². The van der Waals surface area contributed by atoms with Crippen LogP contribution in [0.1, 0.15) is 56.4 Å². The van der Waals surface area contributed by atoms with Crippen LogP contribution < -0.4 is 10.6 Å². The number of nitrogens with one attached hydrogen (secondary N) is 3. The van der Waals surface area contributed by atoms with Crippen molar-refractivity contribution in [2.45, 2.75) is 70.0 Å².